The van der Waals surface area contributed by atoms with Crippen LogP contribution in [-0.2, 0) is 12.0 Å². The third-order valence-electron chi connectivity index (χ3n) is 3.21. The van der Waals surface area contributed by atoms with Gasteiger partial charge in [0.2, 0.25) is 0 Å². The van der Waals surface area contributed by atoms with Gasteiger partial charge in [0.05, 0.1) is 11.4 Å². The van der Waals surface area contributed by atoms with Crippen molar-refractivity contribution in [2.45, 2.75) is 32.8 Å². The Kier molecular flexibility index (Phi) is 4.62. The Hall–Kier alpha value is -1.17. The van der Waals surface area contributed by atoms with Gasteiger partial charge in [0, 0.05) is 9.75 Å². The number of rotatable bonds is 5. The van der Waals surface area contributed by atoms with Crippen LogP contribution in [0.15, 0.2) is 23.6 Å². The van der Waals surface area contributed by atoms with Crippen LogP contribution < -0.4 is 5.32 Å². The van der Waals surface area contributed by atoms with E-state index < -0.39 is 5.60 Å². The number of aliphatic hydroxyl groups is 1. The number of amides is 1. The normalized spacial score (nSPS) is 14.0. The first-order chi connectivity index (χ1) is 9.44. The molecule has 3 nitrogen and oxygen atoms in total. The van der Waals surface area contributed by atoms with E-state index in [1.165, 1.54) is 27.6 Å². The fourth-order valence-corrected chi connectivity index (χ4v) is 3.81. The lowest BCUT2D eigenvalue weighted by atomic mass is 10.1. The SMILES string of the molecule is CCc1sc(C(=O)NCC(C)(O)c2cccs2)cc1C. The number of nitrogens with one attached hydrogen (secondary N) is 1. The molecule has 108 valence electrons. The van der Waals surface area contributed by atoms with Gasteiger partial charge in [-0.3, -0.25) is 4.79 Å². The van der Waals surface area contributed by atoms with Gasteiger partial charge in [-0.1, -0.05) is 13.0 Å². The van der Waals surface area contributed by atoms with Gasteiger partial charge in [-0.15, -0.1) is 22.7 Å². The first-order valence-electron chi connectivity index (χ1n) is 6.58. The molecule has 2 heterocycles. The molecular formula is C15H19NO2S2. The van der Waals surface area contributed by atoms with Crippen molar-refractivity contribution < 1.29 is 9.90 Å². The number of hydrogen-bond acceptors (Lipinski definition) is 4. The summed E-state index contributed by atoms with van der Waals surface area (Å²) in [7, 11) is 0. The maximum absolute atomic E-state index is 12.1. The summed E-state index contributed by atoms with van der Waals surface area (Å²) in [5.74, 6) is -0.116. The summed E-state index contributed by atoms with van der Waals surface area (Å²) in [6, 6.07) is 5.69. The van der Waals surface area contributed by atoms with E-state index in [0.717, 1.165) is 16.9 Å². The quantitative estimate of drug-likeness (QED) is 0.890. The molecule has 0 saturated heterocycles. The Morgan fingerprint density at radius 1 is 1.50 bits per heavy atom. The van der Waals surface area contributed by atoms with Crippen LogP contribution in [0.3, 0.4) is 0 Å². The number of thiophene rings is 2. The van der Waals surface area contributed by atoms with E-state index in [0.29, 0.717) is 4.88 Å². The molecule has 5 heteroatoms. The van der Waals surface area contributed by atoms with E-state index in [9.17, 15) is 9.90 Å². The van der Waals surface area contributed by atoms with Crippen LogP contribution in [0.4, 0.5) is 0 Å². The van der Waals surface area contributed by atoms with Crippen LogP contribution in [0.2, 0.25) is 0 Å². The van der Waals surface area contributed by atoms with E-state index >= 15 is 0 Å². The molecule has 0 aliphatic carbocycles. The molecule has 0 aliphatic rings. The largest absolute Gasteiger partial charge is 0.383 e. The molecule has 0 radical (unpaired) electrons. The first-order valence-corrected chi connectivity index (χ1v) is 8.27. The number of aryl methyl sites for hydroxylation is 2. The summed E-state index contributed by atoms with van der Waals surface area (Å²) in [6.45, 7) is 6.04. The Labute approximate surface area is 127 Å². The molecular weight excluding hydrogens is 290 g/mol. The van der Waals surface area contributed by atoms with Crippen molar-refractivity contribution in [3.63, 3.8) is 0 Å². The molecule has 0 aromatic carbocycles. The van der Waals surface area contributed by atoms with Crippen molar-refractivity contribution in [2.75, 3.05) is 6.54 Å². The summed E-state index contributed by atoms with van der Waals surface area (Å²) in [6.07, 6.45) is 0.941. The van der Waals surface area contributed by atoms with Gasteiger partial charge in [-0.25, -0.2) is 0 Å². The summed E-state index contributed by atoms with van der Waals surface area (Å²) in [4.78, 5) is 14.9. The van der Waals surface area contributed by atoms with Crippen molar-refractivity contribution in [2.24, 2.45) is 0 Å². The van der Waals surface area contributed by atoms with Crippen LogP contribution in [0, 0.1) is 6.92 Å². The zero-order valence-electron chi connectivity index (χ0n) is 11.9. The van der Waals surface area contributed by atoms with Crippen molar-refractivity contribution in [1.82, 2.24) is 5.32 Å². The summed E-state index contributed by atoms with van der Waals surface area (Å²) < 4.78 is 0. The van der Waals surface area contributed by atoms with Gasteiger partial charge in [-0.2, -0.15) is 0 Å². The van der Waals surface area contributed by atoms with E-state index in [1.54, 1.807) is 6.92 Å². The molecule has 0 aliphatic heterocycles. The second-order valence-corrected chi connectivity index (χ2v) is 7.09. The summed E-state index contributed by atoms with van der Waals surface area (Å²) in [5, 5.41) is 15.1. The van der Waals surface area contributed by atoms with Crippen LogP contribution in [0.5, 0.6) is 0 Å². The first kappa shape index (κ1) is 15.2. The second kappa shape index (κ2) is 6.08. The second-order valence-electron chi connectivity index (χ2n) is 5.00. The molecule has 2 rings (SSSR count). The zero-order chi connectivity index (χ0) is 14.8. The van der Waals surface area contributed by atoms with E-state index in [4.69, 9.17) is 0 Å². The Balaban J connectivity index is 2.01. The molecule has 0 bridgehead atoms. The average molecular weight is 309 g/mol. The highest BCUT2D eigenvalue weighted by Gasteiger charge is 2.25. The van der Waals surface area contributed by atoms with Crippen LogP contribution in [0.25, 0.3) is 0 Å². The maximum Gasteiger partial charge on any atom is 0.261 e. The highest BCUT2D eigenvalue weighted by atomic mass is 32.1. The molecule has 1 amide bonds. The minimum atomic E-state index is -1.02. The molecule has 2 aromatic rings. The fourth-order valence-electron chi connectivity index (χ4n) is 1.99. The molecule has 0 fully saturated rings. The smallest absolute Gasteiger partial charge is 0.261 e. The monoisotopic (exact) mass is 309 g/mol. The predicted molar refractivity (Wildman–Crippen MR) is 84.7 cm³/mol. The lowest BCUT2D eigenvalue weighted by Gasteiger charge is -2.22. The Bertz CT molecular complexity index is 585. The van der Waals surface area contributed by atoms with Crippen molar-refractivity contribution in [3.05, 3.63) is 43.8 Å². The van der Waals surface area contributed by atoms with Gasteiger partial charge in [0.1, 0.15) is 5.60 Å². The van der Waals surface area contributed by atoms with Gasteiger partial charge < -0.3 is 10.4 Å². The van der Waals surface area contributed by atoms with E-state index in [1.807, 2.05) is 30.5 Å². The lowest BCUT2D eigenvalue weighted by molar-refractivity contribution is 0.0558. The maximum atomic E-state index is 12.1. The fraction of sp³-hybridized carbons (Fsp3) is 0.400. The number of carbonyl (C=O) groups excluding carboxylic acids is 1. The van der Waals surface area contributed by atoms with Gasteiger partial charge >= 0.3 is 0 Å². The highest BCUT2D eigenvalue weighted by Crippen LogP contribution is 2.25. The van der Waals surface area contributed by atoms with Crippen LogP contribution in [0.1, 0.15) is 38.8 Å². The van der Waals surface area contributed by atoms with E-state index in [2.05, 4.69) is 12.2 Å². The summed E-state index contributed by atoms with van der Waals surface area (Å²) in [5.41, 5.74) is 0.136. The zero-order valence-corrected chi connectivity index (χ0v) is 13.5. The Morgan fingerprint density at radius 2 is 2.25 bits per heavy atom. The van der Waals surface area contributed by atoms with Crippen LogP contribution in [-0.4, -0.2) is 17.6 Å². The lowest BCUT2D eigenvalue weighted by Crippen LogP contribution is -2.37. The average Bonchev–Trinajstić information content (AvgIpc) is 3.05. The molecule has 0 spiro atoms. The number of hydrogen-bond donors (Lipinski definition) is 2. The van der Waals surface area contributed by atoms with Gasteiger partial charge in [-0.05, 0) is 43.3 Å². The highest BCUT2D eigenvalue weighted by molar-refractivity contribution is 7.14. The van der Waals surface area contributed by atoms with E-state index in [-0.39, 0.29) is 12.5 Å². The third-order valence-corrected chi connectivity index (χ3v) is 5.71. The van der Waals surface area contributed by atoms with Gasteiger partial charge in [0.25, 0.3) is 5.91 Å². The summed E-state index contributed by atoms with van der Waals surface area (Å²) >= 11 is 3.01. The predicted octanol–water partition coefficient (Wildman–Crippen LogP) is 3.32. The van der Waals surface area contributed by atoms with Crippen molar-refractivity contribution in [3.8, 4) is 0 Å². The molecule has 20 heavy (non-hydrogen) atoms. The molecule has 0 saturated carbocycles. The molecule has 1 unspecified atom stereocenters. The number of carbonyl (C=O) groups is 1. The van der Waals surface area contributed by atoms with Crippen LogP contribution >= 0.6 is 22.7 Å². The van der Waals surface area contributed by atoms with Crippen molar-refractivity contribution in [1.29, 1.82) is 0 Å². The minimum absolute atomic E-state index is 0.116. The standard InChI is InChI=1S/C15H19NO2S2/c1-4-11-10(2)8-12(20-11)14(17)16-9-15(3,18)13-6-5-7-19-13/h5-8,18H,4,9H2,1-3H3,(H,16,17). The third kappa shape index (κ3) is 3.29. The molecule has 1 atom stereocenters. The van der Waals surface area contributed by atoms with Gasteiger partial charge in [0.15, 0.2) is 0 Å². The topological polar surface area (TPSA) is 49.3 Å². The molecule has 2 N–H and O–H groups in total. The Morgan fingerprint density at radius 3 is 2.80 bits per heavy atom. The molecule has 2 aromatic heterocycles. The van der Waals surface area contributed by atoms with Crippen molar-refractivity contribution >= 4 is 28.6 Å². The minimum Gasteiger partial charge on any atom is -0.383 e.